The number of fused-ring (bicyclic) bond motifs is 3. The number of carbonyl (C=O) groups is 2. The highest BCUT2D eigenvalue weighted by atomic mass is 35.5. The highest BCUT2D eigenvalue weighted by Crippen LogP contribution is 2.39. The Hall–Kier alpha value is -3.40. The monoisotopic (exact) mass is 487 g/mol. The van der Waals surface area contributed by atoms with Crippen LogP contribution in [0.3, 0.4) is 0 Å². The van der Waals surface area contributed by atoms with Crippen LogP contribution in [0, 0.1) is 11.7 Å². The lowest BCUT2D eigenvalue weighted by atomic mass is 10.1. The van der Waals surface area contributed by atoms with Gasteiger partial charge in [0.25, 0.3) is 17.4 Å². The van der Waals surface area contributed by atoms with E-state index in [9.17, 15) is 23.9 Å². The highest BCUT2D eigenvalue weighted by molar-refractivity contribution is 6.30. The topological polar surface area (TPSA) is 109 Å². The van der Waals surface area contributed by atoms with Gasteiger partial charge in [-0.3, -0.25) is 14.4 Å². The molecule has 3 aromatic rings. The molecule has 9 nitrogen and oxygen atoms in total. The molecular weight excluding hydrogens is 465 g/mol. The number of aromatic hydroxyl groups is 1. The predicted molar refractivity (Wildman–Crippen MR) is 123 cm³/mol. The highest BCUT2D eigenvalue weighted by Gasteiger charge is 2.39. The summed E-state index contributed by atoms with van der Waals surface area (Å²) in [5, 5.41) is 17.6. The molecule has 1 fully saturated rings. The molecule has 11 heteroatoms. The summed E-state index contributed by atoms with van der Waals surface area (Å²) in [7, 11) is 1.43. The van der Waals surface area contributed by atoms with Crippen molar-refractivity contribution in [3.63, 3.8) is 0 Å². The van der Waals surface area contributed by atoms with E-state index in [-0.39, 0.29) is 45.8 Å². The number of carbonyl (C=O) groups excluding carboxylic acids is 2. The summed E-state index contributed by atoms with van der Waals surface area (Å²) in [5.41, 5.74) is -0.177. The first-order valence-corrected chi connectivity index (χ1v) is 11.4. The minimum Gasteiger partial charge on any atom is -0.505 e. The van der Waals surface area contributed by atoms with Crippen molar-refractivity contribution in [2.45, 2.75) is 32.4 Å². The van der Waals surface area contributed by atoms with Crippen molar-refractivity contribution >= 4 is 34.3 Å². The van der Waals surface area contributed by atoms with Gasteiger partial charge < -0.3 is 19.9 Å². The third kappa shape index (κ3) is 3.53. The van der Waals surface area contributed by atoms with Crippen LogP contribution in [0.1, 0.15) is 52.3 Å². The Morgan fingerprint density at radius 1 is 1.32 bits per heavy atom. The number of amides is 2. The Balaban J connectivity index is 1.72. The molecule has 1 atom stereocenters. The molecule has 34 heavy (non-hydrogen) atoms. The molecule has 2 N–H and O–H groups in total. The minimum atomic E-state index is -0.670. The van der Waals surface area contributed by atoms with Crippen LogP contribution in [0.4, 0.5) is 4.39 Å². The van der Waals surface area contributed by atoms with Gasteiger partial charge in [0.2, 0.25) is 0 Å². The molecule has 1 aliphatic carbocycles. The predicted octanol–water partition coefficient (Wildman–Crippen LogP) is 2.53. The molecule has 2 aliphatic rings. The number of benzene rings is 1. The lowest BCUT2D eigenvalue weighted by Crippen LogP contribution is -2.43. The fourth-order valence-corrected chi connectivity index (χ4v) is 4.80. The van der Waals surface area contributed by atoms with Gasteiger partial charge in [0.05, 0.1) is 17.1 Å². The van der Waals surface area contributed by atoms with E-state index >= 15 is 0 Å². The molecule has 1 saturated carbocycles. The number of halogens is 2. The summed E-state index contributed by atoms with van der Waals surface area (Å²) >= 11 is 5.87. The number of nitrogens with zero attached hydrogens (tertiary/aromatic N) is 4. The van der Waals surface area contributed by atoms with E-state index in [1.54, 1.807) is 9.47 Å². The summed E-state index contributed by atoms with van der Waals surface area (Å²) in [5.74, 6) is -1.56. The van der Waals surface area contributed by atoms with Crippen molar-refractivity contribution in [1.82, 2.24) is 24.6 Å². The molecule has 0 spiro atoms. The number of rotatable bonds is 5. The molecule has 0 unspecified atom stereocenters. The van der Waals surface area contributed by atoms with Crippen LogP contribution < -0.4 is 10.9 Å². The molecule has 0 bridgehead atoms. The van der Waals surface area contributed by atoms with Crippen molar-refractivity contribution in [2.24, 2.45) is 5.92 Å². The Morgan fingerprint density at radius 3 is 2.71 bits per heavy atom. The summed E-state index contributed by atoms with van der Waals surface area (Å²) in [6, 6.07) is 3.70. The van der Waals surface area contributed by atoms with E-state index in [4.69, 9.17) is 11.6 Å². The van der Waals surface area contributed by atoms with Crippen LogP contribution in [-0.2, 0) is 6.54 Å². The molecule has 2 aromatic heterocycles. The molecule has 178 valence electrons. The maximum atomic E-state index is 13.6. The molecule has 1 aromatic carbocycles. The maximum Gasteiger partial charge on any atom is 0.280 e. The second-order valence-electron chi connectivity index (χ2n) is 8.93. The zero-order chi connectivity index (χ0) is 24.3. The van der Waals surface area contributed by atoms with Crippen LogP contribution >= 0.6 is 11.6 Å². The standard InChI is InChI=1S/C23H23ClFN5O4/c1-11-8-28(9-12-3-4-12)23(34)19-20(31)16-18(30(11)19)17(21(32)26-2)27-29(22(16)33)10-13-5-6-15(25)14(24)7-13/h5-7,11-12,31H,3-4,8-10H2,1-2H3,(H,26,32)/t11-/m0/s1. The van der Waals surface area contributed by atoms with Gasteiger partial charge >= 0.3 is 0 Å². The third-order valence-corrected chi connectivity index (χ3v) is 6.71. The number of nitrogens with one attached hydrogen (secondary N) is 1. The van der Waals surface area contributed by atoms with Gasteiger partial charge in [-0.1, -0.05) is 17.7 Å². The van der Waals surface area contributed by atoms with Gasteiger partial charge in [-0.25, -0.2) is 9.07 Å². The fourth-order valence-electron chi connectivity index (χ4n) is 4.59. The van der Waals surface area contributed by atoms with E-state index in [1.807, 2.05) is 6.92 Å². The average Bonchev–Trinajstić information content (AvgIpc) is 3.56. The van der Waals surface area contributed by atoms with Gasteiger partial charge in [0, 0.05) is 26.2 Å². The van der Waals surface area contributed by atoms with Crippen LogP contribution in [0.5, 0.6) is 5.75 Å². The number of hydrogen-bond donors (Lipinski definition) is 2. The van der Waals surface area contributed by atoms with Gasteiger partial charge in [-0.05, 0) is 43.4 Å². The zero-order valence-corrected chi connectivity index (χ0v) is 19.4. The quantitative estimate of drug-likeness (QED) is 0.574. The van der Waals surface area contributed by atoms with Crippen LogP contribution in [0.2, 0.25) is 5.02 Å². The Labute approximate surface area is 198 Å². The number of aromatic nitrogens is 3. The minimum absolute atomic E-state index is 0.0129. The Morgan fingerprint density at radius 2 is 2.06 bits per heavy atom. The van der Waals surface area contributed by atoms with Crippen molar-refractivity contribution in [3.8, 4) is 5.75 Å². The van der Waals surface area contributed by atoms with E-state index in [0.717, 1.165) is 17.5 Å². The average molecular weight is 488 g/mol. The molecule has 3 heterocycles. The summed E-state index contributed by atoms with van der Waals surface area (Å²) in [6.07, 6.45) is 2.13. The summed E-state index contributed by atoms with van der Waals surface area (Å²) < 4.78 is 16.1. The normalized spacial score (nSPS) is 17.8. The van der Waals surface area contributed by atoms with E-state index in [1.165, 1.54) is 25.2 Å². The van der Waals surface area contributed by atoms with Crippen molar-refractivity contribution in [3.05, 3.63) is 56.3 Å². The summed E-state index contributed by atoms with van der Waals surface area (Å²) in [6.45, 7) is 2.75. The molecule has 0 radical (unpaired) electrons. The van der Waals surface area contributed by atoms with Gasteiger partial charge in [0.15, 0.2) is 17.1 Å². The Kier molecular flexibility index (Phi) is 5.35. The first kappa shape index (κ1) is 22.4. The lowest BCUT2D eigenvalue weighted by Gasteiger charge is -2.33. The second kappa shape index (κ2) is 8.12. The smallest absolute Gasteiger partial charge is 0.280 e. The summed E-state index contributed by atoms with van der Waals surface area (Å²) in [4.78, 5) is 41.2. The number of hydrogen-bond acceptors (Lipinski definition) is 5. The van der Waals surface area contributed by atoms with Crippen LogP contribution in [0.15, 0.2) is 23.0 Å². The molecular formula is C23H23ClFN5O4. The van der Waals surface area contributed by atoms with E-state index < -0.39 is 23.0 Å². The third-order valence-electron chi connectivity index (χ3n) is 6.42. The molecule has 0 saturated heterocycles. The van der Waals surface area contributed by atoms with Crippen molar-refractivity contribution in [2.75, 3.05) is 20.1 Å². The van der Waals surface area contributed by atoms with Crippen LogP contribution in [0.25, 0.3) is 10.9 Å². The fraction of sp³-hybridized carbons (Fsp3) is 0.391. The van der Waals surface area contributed by atoms with Gasteiger partial charge in [-0.15, -0.1) is 0 Å². The SMILES string of the molecule is CNC(=O)c1nn(Cc2ccc(F)c(Cl)c2)c(=O)c2c(O)c3n(c12)[C@@H](C)CN(CC1CC1)C3=O. The van der Waals surface area contributed by atoms with Crippen molar-refractivity contribution in [1.29, 1.82) is 0 Å². The van der Waals surface area contributed by atoms with E-state index in [0.29, 0.717) is 24.6 Å². The lowest BCUT2D eigenvalue weighted by molar-refractivity contribution is 0.0665. The molecule has 1 aliphatic heterocycles. The van der Waals surface area contributed by atoms with Crippen molar-refractivity contribution < 1.29 is 19.1 Å². The first-order valence-electron chi connectivity index (χ1n) is 11.0. The van der Waals surface area contributed by atoms with Gasteiger partial charge in [-0.2, -0.15) is 5.10 Å². The first-order chi connectivity index (χ1) is 16.2. The van der Waals surface area contributed by atoms with Gasteiger partial charge in [0.1, 0.15) is 11.2 Å². The maximum absolute atomic E-state index is 13.6. The Bertz CT molecular complexity index is 1410. The molecule has 2 amide bonds. The van der Waals surface area contributed by atoms with Crippen LogP contribution in [-0.4, -0.2) is 56.3 Å². The molecule has 5 rings (SSSR count). The largest absolute Gasteiger partial charge is 0.505 e. The van der Waals surface area contributed by atoms with E-state index in [2.05, 4.69) is 10.4 Å². The zero-order valence-electron chi connectivity index (χ0n) is 18.6. The second-order valence-corrected chi connectivity index (χ2v) is 9.34.